The van der Waals surface area contributed by atoms with E-state index in [1.807, 2.05) is 0 Å². The molecule has 0 saturated carbocycles. The first-order chi connectivity index (χ1) is 10.8. The quantitative estimate of drug-likeness (QED) is 0.639. The molecular formula is C16H9F4NOS. The van der Waals surface area contributed by atoms with Gasteiger partial charge in [-0.2, -0.15) is 13.2 Å². The van der Waals surface area contributed by atoms with Crippen LogP contribution in [0.15, 0.2) is 47.8 Å². The van der Waals surface area contributed by atoms with Gasteiger partial charge in [0.2, 0.25) is 0 Å². The highest BCUT2D eigenvalue weighted by Crippen LogP contribution is 2.35. The summed E-state index contributed by atoms with van der Waals surface area (Å²) in [6, 6.07) is 9.11. The van der Waals surface area contributed by atoms with E-state index in [1.165, 1.54) is 29.5 Å². The zero-order valence-electron chi connectivity index (χ0n) is 11.4. The minimum atomic E-state index is -4.75. The molecule has 0 bridgehead atoms. The Balaban J connectivity index is 1.99. The maximum atomic E-state index is 13.3. The smallest absolute Gasteiger partial charge is 0.419 e. The molecule has 118 valence electrons. The molecular weight excluding hydrogens is 330 g/mol. The molecule has 0 atom stereocenters. The van der Waals surface area contributed by atoms with Crippen LogP contribution < -0.4 is 0 Å². The van der Waals surface area contributed by atoms with Crippen LogP contribution in [0.5, 0.6) is 5.75 Å². The van der Waals surface area contributed by atoms with Gasteiger partial charge in [-0.3, -0.25) is 0 Å². The second kappa shape index (κ2) is 5.66. The molecule has 0 aliphatic rings. The molecule has 0 aliphatic heterocycles. The van der Waals surface area contributed by atoms with E-state index in [9.17, 15) is 22.7 Å². The molecule has 3 rings (SSSR count). The topological polar surface area (TPSA) is 33.1 Å². The molecule has 0 unspecified atom stereocenters. The molecule has 3 aromatic rings. The Hall–Kier alpha value is -2.41. The van der Waals surface area contributed by atoms with Crippen LogP contribution in [0.1, 0.15) is 5.56 Å². The number of hydrogen-bond donors (Lipinski definition) is 1. The second-order valence-electron chi connectivity index (χ2n) is 4.78. The molecule has 2 aromatic carbocycles. The van der Waals surface area contributed by atoms with Gasteiger partial charge in [0, 0.05) is 16.5 Å². The van der Waals surface area contributed by atoms with Crippen molar-refractivity contribution in [2.45, 2.75) is 6.18 Å². The van der Waals surface area contributed by atoms with E-state index in [4.69, 9.17) is 0 Å². The van der Waals surface area contributed by atoms with Crippen LogP contribution in [0.2, 0.25) is 0 Å². The summed E-state index contributed by atoms with van der Waals surface area (Å²) in [5, 5.41) is 11.5. The van der Waals surface area contributed by atoms with Gasteiger partial charge in [0.1, 0.15) is 16.6 Å². The molecule has 1 aromatic heterocycles. The predicted octanol–water partition coefficient (Wildman–Crippen LogP) is 5.34. The van der Waals surface area contributed by atoms with Crippen molar-refractivity contribution >= 4 is 11.3 Å². The van der Waals surface area contributed by atoms with Gasteiger partial charge in [-0.25, -0.2) is 9.37 Å². The minimum absolute atomic E-state index is 0.110. The Morgan fingerprint density at radius 2 is 1.61 bits per heavy atom. The second-order valence-corrected chi connectivity index (χ2v) is 5.64. The third-order valence-electron chi connectivity index (χ3n) is 3.19. The average Bonchev–Trinajstić information content (AvgIpc) is 2.97. The van der Waals surface area contributed by atoms with Crippen molar-refractivity contribution in [2.24, 2.45) is 0 Å². The van der Waals surface area contributed by atoms with E-state index in [2.05, 4.69) is 4.98 Å². The van der Waals surface area contributed by atoms with E-state index in [0.717, 1.165) is 17.7 Å². The van der Waals surface area contributed by atoms with Crippen molar-refractivity contribution in [1.82, 2.24) is 4.98 Å². The lowest BCUT2D eigenvalue weighted by Gasteiger charge is -2.09. The fraction of sp³-hybridized carbons (Fsp3) is 0.0625. The molecule has 0 spiro atoms. The lowest BCUT2D eigenvalue weighted by Crippen LogP contribution is -2.08. The largest absolute Gasteiger partial charge is 0.508 e. The molecule has 23 heavy (non-hydrogen) atoms. The third kappa shape index (κ3) is 3.19. The van der Waals surface area contributed by atoms with Crippen molar-refractivity contribution in [2.75, 3.05) is 0 Å². The van der Waals surface area contributed by atoms with Gasteiger partial charge >= 0.3 is 6.18 Å². The molecule has 0 fully saturated rings. The summed E-state index contributed by atoms with van der Waals surface area (Å²) in [6.45, 7) is 0. The number of rotatable bonds is 2. The summed E-state index contributed by atoms with van der Waals surface area (Å²) in [6.07, 6.45) is -4.75. The number of aromatic nitrogens is 1. The van der Waals surface area contributed by atoms with Crippen molar-refractivity contribution in [3.63, 3.8) is 0 Å². The van der Waals surface area contributed by atoms with Crippen molar-refractivity contribution in [3.05, 3.63) is 59.2 Å². The number of phenols is 1. The van der Waals surface area contributed by atoms with E-state index in [0.29, 0.717) is 10.7 Å². The number of benzene rings is 2. The summed E-state index contributed by atoms with van der Waals surface area (Å²) < 4.78 is 51.6. The molecule has 1 N–H and O–H groups in total. The number of phenolic OH excluding ortho intramolecular Hbond substituents is 1. The number of aromatic hydroxyl groups is 1. The van der Waals surface area contributed by atoms with Crippen LogP contribution in [0.25, 0.3) is 21.8 Å². The molecule has 1 heterocycles. The normalized spacial score (nSPS) is 11.7. The van der Waals surface area contributed by atoms with E-state index in [-0.39, 0.29) is 11.3 Å². The molecule has 0 aliphatic carbocycles. The van der Waals surface area contributed by atoms with E-state index >= 15 is 0 Å². The Kier molecular flexibility index (Phi) is 3.81. The zero-order chi connectivity index (χ0) is 16.6. The lowest BCUT2D eigenvalue weighted by molar-refractivity contribution is -0.139. The van der Waals surface area contributed by atoms with Gasteiger partial charge in [-0.15, -0.1) is 11.3 Å². The standard InChI is InChI=1S/C16H9F4NOS/c17-13-6-3-10(7-12(13)16(18,19)20)14-8-23-15(21-14)9-1-4-11(22)5-2-9/h1-8,22H. The first kappa shape index (κ1) is 15.5. The van der Waals surface area contributed by atoms with Gasteiger partial charge in [0.05, 0.1) is 11.3 Å². The molecule has 0 radical (unpaired) electrons. The first-order valence-corrected chi connectivity index (χ1v) is 7.34. The Morgan fingerprint density at radius 3 is 2.26 bits per heavy atom. The summed E-state index contributed by atoms with van der Waals surface area (Å²) in [7, 11) is 0. The first-order valence-electron chi connectivity index (χ1n) is 6.46. The van der Waals surface area contributed by atoms with Crippen molar-refractivity contribution in [3.8, 4) is 27.6 Å². The minimum Gasteiger partial charge on any atom is -0.508 e. The van der Waals surface area contributed by atoms with Gasteiger partial charge in [-0.05, 0) is 42.5 Å². The Morgan fingerprint density at radius 1 is 0.957 bits per heavy atom. The van der Waals surface area contributed by atoms with Gasteiger partial charge in [-0.1, -0.05) is 0 Å². The monoisotopic (exact) mass is 339 g/mol. The van der Waals surface area contributed by atoms with Gasteiger partial charge < -0.3 is 5.11 Å². The van der Waals surface area contributed by atoms with Gasteiger partial charge in [0.15, 0.2) is 0 Å². The van der Waals surface area contributed by atoms with Crippen molar-refractivity contribution in [1.29, 1.82) is 0 Å². The van der Waals surface area contributed by atoms with Crippen LogP contribution in [0.4, 0.5) is 17.6 Å². The number of alkyl halides is 3. The van der Waals surface area contributed by atoms with Crippen LogP contribution in [-0.2, 0) is 6.18 Å². The average molecular weight is 339 g/mol. The number of thiazole rings is 1. The van der Waals surface area contributed by atoms with Crippen LogP contribution in [0, 0.1) is 5.82 Å². The molecule has 0 amide bonds. The number of nitrogens with zero attached hydrogens (tertiary/aromatic N) is 1. The van der Waals surface area contributed by atoms with Crippen molar-refractivity contribution < 1.29 is 22.7 Å². The predicted molar refractivity (Wildman–Crippen MR) is 79.6 cm³/mol. The summed E-state index contributed by atoms with van der Waals surface area (Å²) in [5.74, 6) is -1.20. The summed E-state index contributed by atoms with van der Waals surface area (Å²) in [5.41, 5.74) is -0.0463. The number of hydrogen-bond acceptors (Lipinski definition) is 3. The van der Waals surface area contributed by atoms with E-state index < -0.39 is 17.6 Å². The summed E-state index contributed by atoms with van der Waals surface area (Å²) >= 11 is 1.25. The Bertz CT molecular complexity index is 840. The maximum Gasteiger partial charge on any atom is 0.419 e. The molecule has 0 saturated heterocycles. The maximum absolute atomic E-state index is 13.3. The van der Waals surface area contributed by atoms with Crippen LogP contribution in [0.3, 0.4) is 0 Å². The fourth-order valence-corrected chi connectivity index (χ4v) is 2.88. The van der Waals surface area contributed by atoms with E-state index in [1.54, 1.807) is 17.5 Å². The van der Waals surface area contributed by atoms with Crippen LogP contribution >= 0.6 is 11.3 Å². The van der Waals surface area contributed by atoms with Crippen LogP contribution in [-0.4, -0.2) is 10.1 Å². The number of halogens is 4. The lowest BCUT2D eigenvalue weighted by atomic mass is 10.1. The Labute approximate surface area is 132 Å². The highest BCUT2D eigenvalue weighted by Gasteiger charge is 2.34. The highest BCUT2D eigenvalue weighted by atomic mass is 32.1. The SMILES string of the molecule is Oc1ccc(-c2nc(-c3ccc(F)c(C(F)(F)F)c3)cs2)cc1. The van der Waals surface area contributed by atoms with Gasteiger partial charge in [0.25, 0.3) is 0 Å². The molecule has 7 heteroatoms. The summed E-state index contributed by atoms with van der Waals surface area (Å²) in [4.78, 5) is 4.28. The molecule has 2 nitrogen and oxygen atoms in total. The zero-order valence-corrected chi connectivity index (χ0v) is 12.2. The fourth-order valence-electron chi connectivity index (χ4n) is 2.04. The highest BCUT2D eigenvalue weighted by molar-refractivity contribution is 7.13. The third-order valence-corrected chi connectivity index (χ3v) is 4.08.